The SMILES string of the molecule is O=S(=O)([O-])c1ccc(Br)cc1.[Hg+]. The van der Waals surface area contributed by atoms with E-state index in [1.54, 1.807) is 0 Å². The normalized spacial score (nSPS) is 10.5. The summed E-state index contributed by atoms with van der Waals surface area (Å²) in [5, 5.41) is 0. The summed E-state index contributed by atoms with van der Waals surface area (Å²) < 4.78 is 31.9. The van der Waals surface area contributed by atoms with Gasteiger partial charge in [0.05, 0.1) is 4.90 Å². The van der Waals surface area contributed by atoms with Crippen LogP contribution in [0.5, 0.6) is 0 Å². The first-order valence-electron chi connectivity index (χ1n) is 2.71. The first-order chi connectivity index (χ1) is 5.00. The zero-order valence-corrected chi connectivity index (χ0v) is 13.9. The molecule has 0 N–H and O–H groups in total. The van der Waals surface area contributed by atoms with Gasteiger partial charge in [-0.1, -0.05) is 15.9 Å². The third-order valence-electron chi connectivity index (χ3n) is 1.10. The van der Waals surface area contributed by atoms with Crippen molar-refractivity contribution in [3.63, 3.8) is 0 Å². The molecule has 0 aromatic heterocycles. The molecule has 0 unspecified atom stereocenters. The molecule has 12 heavy (non-hydrogen) atoms. The van der Waals surface area contributed by atoms with E-state index in [1.165, 1.54) is 24.3 Å². The molecule has 0 spiro atoms. The van der Waals surface area contributed by atoms with Gasteiger partial charge >= 0.3 is 27.7 Å². The van der Waals surface area contributed by atoms with Gasteiger partial charge in [0.15, 0.2) is 0 Å². The Bertz CT molecular complexity index is 346. The molecule has 0 aliphatic rings. The van der Waals surface area contributed by atoms with Crippen molar-refractivity contribution in [1.82, 2.24) is 0 Å². The molecule has 0 aliphatic heterocycles. The zero-order valence-electron chi connectivity index (χ0n) is 6.03. The predicted molar refractivity (Wildman–Crippen MR) is 42.1 cm³/mol. The molecule has 1 rings (SSSR count). The molecule has 0 heterocycles. The van der Waals surface area contributed by atoms with Gasteiger partial charge in [-0.2, -0.15) is 0 Å². The van der Waals surface area contributed by atoms with Crippen LogP contribution in [0.15, 0.2) is 33.6 Å². The minimum atomic E-state index is -4.29. The summed E-state index contributed by atoms with van der Waals surface area (Å²) in [6.45, 7) is 0. The van der Waals surface area contributed by atoms with Crippen LogP contribution >= 0.6 is 15.9 Å². The first kappa shape index (κ1) is 12.5. The summed E-state index contributed by atoms with van der Waals surface area (Å²) in [5.74, 6) is 0. The molecule has 0 aliphatic carbocycles. The van der Waals surface area contributed by atoms with E-state index in [-0.39, 0.29) is 32.6 Å². The van der Waals surface area contributed by atoms with E-state index in [4.69, 9.17) is 0 Å². The van der Waals surface area contributed by atoms with Gasteiger partial charge in [-0.25, -0.2) is 8.42 Å². The fourth-order valence-corrected chi connectivity index (χ4v) is 1.34. The summed E-state index contributed by atoms with van der Waals surface area (Å²) in [5.41, 5.74) is 0. The molecule has 1 aromatic rings. The van der Waals surface area contributed by atoms with E-state index in [2.05, 4.69) is 15.9 Å². The van der Waals surface area contributed by atoms with E-state index >= 15 is 0 Å². The molecule has 1 aromatic carbocycles. The Morgan fingerprint density at radius 1 is 1.17 bits per heavy atom. The Kier molecular flexibility index (Phi) is 4.90. The van der Waals surface area contributed by atoms with Gasteiger partial charge < -0.3 is 4.55 Å². The topological polar surface area (TPSA) is 57.2 Å². The molecular weight excluding hydrogens is 433 g/mol. The van der Waals surface area contributed by atoms with Crippen molar-refractivity contribution in [2.45, 2.75) is 4.90 Å². The van der Waals surface area contributed by atoms with Crippen molar-refractivity contribution in [3.8, 4) is 0 Å². The van der Waals surface area contributed by atoms with Crippen molar-refractivity contribution < 1.29 is 40.6 Å². The Morgan fingerprint density at radius 2 is 1.58 bits per heavy atom. The van der Waals surface area contributed by atoms with E-state index in [0.29, 0.717) is 0 Å². The Balaban J connectivity index is 0.00000121. The molecule has 0 atom stereocenters. The van der Waals surface area contributed by atoms with Gasteiger partial charge in [-0.05, 0) is 24.3 Å². The van der Waals surface area contributed by atoms with Gasteiger partial charge in [-0.3, -0.25) is 0 Å². The van der Waals surface area contributed by atoms with Gasteiger partial charge in [0, 0.05) is 4.47 Å². The number of benzene rings is 1. The quantitative estimate of drug-likeness (QED) is 0.493. The van der Waals surface area contributed by atoms with Crippen LogP contribution in [0.4, 0.5) is 0 Å². The molecule has 0 fully saturated rings. The van der Waals surface area contributed by atoms with Crippen molar-refractivity contribution in [1.29, 1.82) is 0 Å². The van der Waals surface area contributed by atoms with Gasteiger partial charge in [0.2, 0.25) is 0 Å². The molecule has 0 amide bonds. The number of hydrogen-bond acceptors (Lipinski definition) is 3. The third-order valence-corrected chi connectivity index (χ3v) is 2.48. The largest absolute Gasteiger partial charge is 1.00 e. The maximum atomic E-state index is 10.4. The van der Waals surface area contributed by atoms with Crippen molar-refractivity contribution in [3.05, 3.63) is 28.7 Å². The molecule has 6 heteroatoms. The maximum absolute atomic E-state index is 10.4. The average molecular weight is 437 g/mol. The Morgan fingerprint density at radius 3 is 1.92 bits per heavy atom. The monoisotopic (exact) mass is 437 g/mol. The second-order valence-corrected chi connectivity index (χ2v) is 4.20. The van der Waals surface area contributed by atoms with Crippen molar-refractivity contribution in [2.24, 2.45) is 0 Å². The molecular formula is C6H4BrHgO3S. The standard InChI is InChI=1S/C6H5BrO3S.Hg/c7-5-1-3-6(4-2-5)11(8,9)10;/h1-4H,(H,8,9,10);/q;+1/p-1. The number of rotatable bonds is 1. The van der Waals surface area contributed by atoms with Crippen LogP contribution in [0.1, 0.15) is 0 Å². The maximum Gasteiger partial charge on any atom is 1.00 e. The fourth-order valence-electron chi connectivity index (χ4n) is 0.601. The van der Waals surface area contributed by atoms with Crippen molar-refractivity contribution in [2.75, 3.05) is 0 Å². The third kappa shape index (κ3) is 3.51. The molecule has 3 nitrogen and oxygen atoms in total. The summed E-state index contributed by atoms with van der Waals surface area (Å²) >= 11 is 3.12. The fraction of sp³-hybridized carbons (Fsp3) is 0. The van der Waals surface area contributed by atoms with E-state index in [0.717, 1.165) is 4.47 Å². The molecule has 1 radical (unpaired) electrons. The number of halogens is 1. The van der Waals surface area contributed by atoms with Gasteiger partial charge in [-0.15, -0.1) is 0 Å². The van der Waals surface area contributed by atoms with Crippen molar-refractivity contribution >= 4 is 26.0 Å². The molecule has 0 saturated heterocycles. The van der Waals surface area contributed by atoms with Gasteiger partial charge in [0.1, 0.15) is 10.1 Å². The summed E-state index contributed by atoms with van der Waals surface area (Å²) in [6.07, 6.45) is 0. The summed E-state index contributed by atoms with van der Waals surface area (Å²) in [4.78, 5) is -0.208. The smallest absolute Gasteiger partial charge is 0.744 e. The van der Waals surface area contributed by atoms with E-state index in [9.17, 15) is 13.0 Å². The second kappa shape index (κ2) is 4.69. The summed E-state index contributed by atoms with van der Waals surface area (Å²) in [6, 6.07) is 5.52. The first-order valence-corrected chi connectivity index (χ1v) is 4.92. The van der Waals surface area contributed by atoms with Crippen LogP contribution in [0.3, 0.4) is 0 Å². The summed E-state index contributed by atoms with van der Waals surface area (Å²) in [7, 11) is -4.29. The van der Waals surface area contributed by atoms with E-state index < -0.39 is 10.1 Å². The predicted octanol–water partition coefficient (Wildman–Crippen LogP) is 1.35. The second-order valence-electron chi connectivity index (χ2n) is 1.91. The minimum absolute atomic E-state index is 0. The molecule has 0 saturated carbocycles. The van der Waals surface area contributed by atoms with Crippen LogP contribution in [0.2, 0.25) is 0 Å². The van der Waals surface area contributed by atoms with Crippen LogP contribution in [-0.4, -0.2) is 13.0 Å². The average Bonchev–Trinajstić information content (AvgIpc) is 1.86. The van der Waals surface area contributed by atoms with E-state index in [1.807, 2.05) is 0 Å². The Hall–Kier alpha value is 0.545. The molecule has 61 valence electrons. The van der Waals surface area contributed by atoms with Crippen LogP contribution in [-0.2, 0) is 37.8 Å². The van der Waals surface area contributed by atoms with Crippen LogP contribution in [0, 0.1) is 0 Å². The molecule has 0 bridgehead atoms. The van der Waals surface area contributed by atoms with Crippen LogP contribution < -0.4 is 0 Å². The number of hydrogen-bond donors (Lipinski definition) is 0. The Labute approximate surface area is 99.6 Å². The minimum Gasteiger partial charge on any atom is -0.744 e. The van der Waals surface area contributed by atoms with Crippen LogP contribution in [0.25, 0.3) is 0 Å². The zero-order chi connectivity index (χ0) is 8.48. The van der Waals surface area contributed by atoms with Gasteiger partial charge in [0.25, 0.3) is 0 Å².